The maximum atomic E-state index is 10.5. The molecule has 1 aliphatic heterocycles. The summed E-state index contributed by atoms with van der Waals surface area (Å²) in [5.74, 6) is 0.440. The van der Waals surface area contributed by atoms with Crippen LogP contribution in [0.25, 0.3) is 0 Å². The minimum atomic E-state index is -0.499. The number of aromatic nitrogens is 2. The van der Waals surface area contributed by atoms with Crippen molar-refractivity contribution in [2.45, 2.75) is 32.2 Å². The van der Waals surface area contributed by atoms with E-state index in [1.807, 2.05) is 0 Å². The number of nitrogens with zero attached hydrogens (tertiary/aromatic N) is 4. The van der Waals surface area contributed by atoms with E-state index in [4.69, 9.17) is 0 Å². The van der Waals surface area contributed by atoms with Crippen molar-refractivity contribution >= 4 is 11.6 Å². The van der Waals surface area contributed by atoms with Crippen LogP contribution < -0.4 is 5.32 Å². The summed E-state index contributed by atoms with van der Waals surface area (Å²) in [6.07, 6.45) is 6.30. The number of likely N-dealkylation sites (tertiary alicyclic amines) is 1. The lowest BCUT2D eigenvalue weighted by molar-refractivity contribution is -0.385. The summed E-state index contributed by atoms with van der Waals surface area (Å²) in [6.45, 7) is 5.31. The van der Waals surface area contributed by atoms with Crippen LogP contribution in [0.4, 0.5) is 11.6 Å². The Hall–Kier alpha value is -1.76. The highest BCUT2D eigenvalue weighted by Crippen LogP contribution is 2.11. The fourth-order valence-electron chi connectivity index (χ4n) is 2.29. The van der Waals surface area contributed by atoms with Gasteiger partial charge in [-0.1, -0.05) is 6.42 Å². The fourth-order valence-corrected chi connectivity index (χ4v) is 2.29. The SMILES string of the molecule is CC(CN1CCCCC1)Nc1ncc([N+](=O)[O-])cn1. The van der Waals surface area contributed by atoms with Gasteiger partial charge in [0.25, 0.3) is 0 Å². The third-order valence-corrected chi connectivity index (χ3v) is 3.21. The summed E-state index contributed by atoms with van der Waals surface area (Å²) in [7, 11) is 0. The number of piperidine rings is 1. The van der Waals surface area contributed by atoms with Crippen LogP contribution in [0.1, 0.15) is 26.2 Å². The Bertz CT molecular complexity index is 417. The van der Waals surface area contributed by atoms with Gasteiger partial charge >= 0.3 is 5.69 Å². The van der Waals surface area contributed by atoms with Gasteiger partial charge in [-0.15, -0.1) is 0 Å². The topological polar surface area (TPSA) is 84.2 Å². The van der Waals surface area contributed by atoms with E-state index in [0.29, 0.717) is 5.95 Å². The largest absolute Gasteiger partial charge is 0.350 e. The van der Waals surface area contributed by atoms with E-state index in [0.717, 1.165) is 19.6 Å². The number of hydrogen-bond acceptors (Lipinski definition) is 6. The molecule has 1 unspecified atom stereocenters. The molecule has 2 heterocycles. The second-order valence-electron chi connectivity index (χ2n) is 4.93. The van der Waals surface area contributed by atoms with Gasteiger partial charge in [0.1, 0.15) is 12.4 Å². The van der Waals surface area contributed by atoms with Gasteiger partial charge in [-0.05, 0) is 32.9 Å². The Morgan fingerprint density at radius 1 is 1.37 bits per heavy atom. The first kappa shape index (κ1) is 13.7. The average Bonchev–Trinajstić information content (AvgIpc) is 2.40. The van der Waals surface area contributed by atoms with Crippen molar-refractivity contribution in [1.29, 1.82) is 0 Å². The molecule has 0 saturated carbocycles. The van der Waals surface area contributed by atoms with Gasteiger partial charge in [0.2, 0.25) is 5.95 Å². The van der Waals surface area contributed by atoms with Crippen LogP contribution in [-0.4, -0.2) is 45.5 Å². The highest BCUT2D eigenvalue weighted by molar-refractivity contribution is 5.31. The predicted octanol–water partition coefficient (Wildman–Crippen LogP) is 1.67. The maximum Gasteiger partial charge on any atom is 0.305 e. The lowest BCUT2D eigenvalue weighted by atomic mass is 10.1. The molecule has 0 aromatic carbocycles. The van der Waals surface area contributed by atoms with Gasteiger partial charge in [-0.25, -0.2) is 9.97 Å². The van der Waals surface area contributed by atoms with E-state index in [9.17, 15) is 10.1 Å². The summed E-state index contributed by atoms with van der Waals surface area (Å²) in [5, 5.41) is 13.7. The smallest absolute Gasteiger partial charge is 0.305 e. The van der Waals surface area contributed by atoms with Crippen LogP contribution in [0.2, 0.25) is 0 Å². The molecule has 1 atom stereocenters. The Labute approximate surface area is 112 Å². The summed E-state index contributed by atoms with van der Waals surface area (Å²) < 4.78 is 0. The maximum absolute atomic E-state index is 10.5. The summed E-state index contributed by atoms with van der Waals surface area (Å²) in [5.41, 5.74) is -0.0887. The van der Waals surface area contributed by atoms with Gasteiger partial charge in [0, 0.05) is 12.6 Å². The van der Waals surface area contributed by atoms with E-state index in [1.54, 1.807) is 0 Å². The lowest BCUT2D eigenvalue weighted by Crippen LogP contribution is -2.38. The number of rotatable bonds is 5. The normalized spacial score (nSPS) is 17.9. The van der Waals surface area contributed by atoms with Crippen LogP contribution >= 0.6 is 0 Å². The zero-order chi connectivity index (χ0) is 13.7. The van der Waals surface area contributed by atoms with Crippen LogP contribution in [0.15, 0.2) is 12.4 Å². The first-order valence-corrected chi connectivity index (χ1v) is 6.60. The molecule has 0 spiro atoms. The fraction of sp³-hybridized carbons (Fsp3) is 0.667. The lowest BCUT2D eigenvalue weighted by Gasteiger charge is -2.29. The third-order valence-electron chi connectivity index (χ3n) is 3.21. The molecule has 104 valence electrons. The number of hydrogen-bond donors (Lipinski definition) is 1. The monoisotopic (exact) mass is 265 g/mol. The molecule has 7 nitrogen and oxygen atoms in total. The van der Waals surface area contributed by atoms with Crippen LogP contribution in [-0.2, 0) is 0 Å². The van der Waals surface area contributed by atoms with Crippen molar-refractivity contribution in [3.63, 3.8) is 0 Å². The first-order valence-electron chi connectivity index (χ1n) is 6.60. The van der Waals surface area contributed by atoms with Crippen LogP contribution in [0.3, 0.4) is 0 Å². The molecule has 0 aliphatic carbocycles. The zero-order valence-electron chi connectivity index (χ0n) is 11.1. The molecule has 2 rings (SSSR count). The number of nitrogens with one attached hydrogen (secondary N) is 1. The molecular formula is C12H19N5O2. The third kappa shape index (κ3) is 4.13. The van der Waals surface area contributed by atoms with Crippen molar-refractivity contribution in [1.82, 2.24) is 14.9 Å². The quantitative estimate of drug-likeness (QED) is 0.644. The molecule has 1 saturated heterocycles. The van der Waals surface area contributed by atoms with Gasteiger partial charge in [0.05, 0.1) is 4.92 Å². The summed E-state index contributed by atoms with van der Waals surface area (Å²) >= 11 is 0. The summed E-state index contributed by atoms with van der Waals surface area (Å²) in [4.78, 5) is 20.3. The standard InChI is InChI=1S/C12H19N5O2/c1-10(9-16-5-3-2-4-6-16)15-12-13-7-11(8-14-12)17(18)19/h7-8,10H,2-6,9H2,1H3,(H,13,14,15). The van der Waals surface area contributed by atoms with Crippen molar-refractivity contribution in [2.24, 2.45) is 0 Å². The summed E-state index contributed by atoms with van der Waals surface area (Å²) in [6, 6.07) is 0.222. The Morgan fingerprint density at radius 2 is 2.00 bits per heavy atom. The Balaban J connectivity index is 1.83. The predicted molar refractivity (Wildman–Crippen MR) is 72.1 cm³/mol. The highest BCUT2D eigenvalue weighted by Gasteiger charge is 2.14. The molecule has 19 heavy (non-hydrogen) atoms. The number of nitro groups is 1. The molecule has 1 N–H and O–H groups in total. The zero-order valence-corrected chi connectivity index (χ0v) is 11.1. The van der Waals surface area contributed by atoms with E-state index in [1.165, 1.54) is 31.7 Å². The van der Waals surface area contributed by atoms with Crippen molar-refractivity contribution in [3.8, 4) is 0 Å². The first-order chi connectivity index (χ1) is 9.15. The van der Waals surface area contributed by atoms with E-state index < -0.39 is 4.92 Å². The molecule has 0 radical (unpaired) electrons. The molecule has 1 aromatic rings. The molecular weight excluding hydrogens is 246 g/mol. The van der Waals surface area contributed by atoms with Gasteiger partial charge < -0.3 is 10.2 Å². The number of anilines is 1. The molecule has 1 aliphatic rings. The molecule has 0 bridgehead atoms. The molecule has 1 fully saturated rings. The van der Waals surface area contributed by atoms with Gasteiger partial charge in [0.15, 0.2) is 0 Å². The second-order valence-corrected chi connectivity index (χ2v) is 4.93. The van der Waals surface area contributed by atoms with Crippen LogP contribution in [0.5, 0.6) is 0 Å². The van der Waals surface area contributed by atoms with Crippen LogP contribution in [0, 0.1) is 10.1 Å². The molecule has 7 heteroatoms. The minimum absolute atomic E-state index is 0.0887. The highest BCUT2D eigenvalue weighted by atomic mass is 16.6. The van der Waals surface area contributed by atoms with Crippen molar-refractivity contribution in [2.75, 3.05) is 25.0 Å². The van der Waals surface area contributed by atoms with E-state index in [-0.39, 0.29) is 11.7 Å². The molecule has 0 amide bonds. The van der Waals surface area contributed by atoms with Gasteiger partial charge in [-0.3, -0.25) is 10.1 Å². The Kier molecular flexibility index (Phi) is 4.62. The second kappa shape index (κ2) is 6.42. The molecule has 1 aromatic heterocycles. The van der Waals surface area contributed by atoms with E-state index >= 15 is 0 Å². The van der Waals surface area contributed by atoms with Crippen molar-refractivity contribution in [3.05, 3.63) is 22.5 Å². The van der Waals surface area contributed by atoms with Gasteiger partial charge in [-0.2, -0.15) is 0 Å². The Morgan fingerprint density at radius 3 is 2.58 bits per heavy atom. The van der Waals surface area contributed by atoms with Crippen molar-refractivity contribution < 1.29 is 4.92 Å². The minimum Gasteiger partial charge on any atom is -0.350 e. The average molecular weight is 265 g/mol. The van der Waals surface area contributed by atoms with E-state index in [2.05, 4.69) is 27.1 Å².